The second-order valence-corrected chi connectivity index (χ2v) is 9.17. The van der Waals surface area contributed by atoms with E-state index in [1.54, 1.807) is 20.4 Å². The maximum Gasteiger partial charge on any atom is 0.224 e. The molecule has 0 spiro atoms. The Morgan fingerprint density at radius 3 is 2.21 bits per heavy atom. The van der Waals surface area contributed by atoms with Crippen molar-refractivity contribution in [2.45, 2.75) is 70.3 Å². The van der Waals surface area contributed by atoms with Crippen molar-refractivity contribution >= 4 is 16.8 Å². The number of hydrogen-bond acceptors (Lipinski definition) is 5. The first-order valence-corrected chi connectivity index (χ1v) is 12.4. The van der Waals surface area contributed by atoms with E-state index in [4.69, 9.17) is 9.47 Å². The van der Waals surface area contributed by atoms with Gasteiger partial charge in [-0.05, 0) is 36.6 Å². The molecule has 0 saturated heterocycles. The Balaban J connectivity index is 1.40. The van der Waals surface area contributed by atoms with Crippen LogP contribution in [-0.4, -0.2) is 36.1 Å². The Kier molecular flexibility index (Phi) is 8.34. The number of hydrogen-bond donors (Lipinski definition) is 1. The van der Waals surface area contributed by atoms with Crippen molar-refractivity contribution in [3.05, 3.63) is 48.3 Å². The molecule has 1 N–H and O–H groups in total. The topological polar surface area (TPSA) is 73.3 Å². The van der Waals surface area contributed by atoms with E-state index in [0.29, 0.717) is 24.0 Å². The van der Waals surface area contributed by atoms with E-state index in [2.05, 4.69) is 15.3 Å². The number of benzene rings is 1. The fraction of sp³-hybridized carbons (Fsp3) is 0.464. The molecule has 1 amide bonds. The molecule has 2 aromatic heterocycles. The fourth-order valence-electron chi connectivity index (χ4n) is 4.71. The van der Waals surface area contributed by atoms with Gasteiger partial charge in [-0.15, -0.1) is 0 Å². The number of pyridine rings is 2. The number of methoxy groups -OCH3 is 2. The molecule has 1 aliphatic carbocycles. The van der Waals surface area contributed by atoms with E-state index in [1.807, 2.05) is 36.5 Å². The van der Waals surface area contributed by atoms with Gasteiger partial charge >= 0.3 is 0 Å². The monoisotopic (exact) mass is 461 g/mol. The molecule has 0 aliphatic heterocycles. The molecule has 3 aromatic rings. The van der Waals surface area contributed by atoms with Crippen LogP contribution in [0.1, 0.15) is 63.4 Å². The highest BCUT2D eigenvalue weighted by Crippen LogP contribution is 2.32. The molecule has 0 bridgehead atoms. The SMILES string of the molecule is COc1cc2cc(-c3ccc(CC(=O)NC4CCCCCCCCC4)cn3)cnc2cc1OC. The highest BCUT2D eigenvalue weighted by Gasteiger charge is 2.14. The van der Waals surface area contributed by atoms with E-state index in [-0.39, 0.29) is 5.91 Å². The van der Waals surface area contributed by atoms with E-state index >= 15 is 0 Å². The lowest BCUT2D eigenvalue weighted by Gasteiger charge is -2.20. The molecule has 0 atom stereocenters. The number of nitrogens with zero attached hydrogens (tertiary/aromatic N) is 2. The predicted octanol–water partition coefficient (Wildman–Crippen LogP) is 5.87. The van der Waals surface area contributed by atoms with E-state index in [0.717, 1.165) is 40.6 Å². The van der Waals surface area contributed by atoms with Gasteiger partial charge in [-0.3, -0.25) is 14.8 Å². The number of ether oxygens (including phenoxy) is 2. The lowest BCUT2D eigenvalue weighted by atomic mass is 9.97. The third-order valence-corrected chi connectivity index (χ3v) is 6.64. The van der Waals surface area contributed by atoms with Crippen molar-refractivity contribution in [2.75, 3.05) is 14.2 Å². The zero-order valence-electron chi connectivity index (χ0n) is 20.3. The molecule has 180 valence electrons. The van der Waals surface area contributed by atoms with Gasteiger partial charge in [0, 0.05) is 35.5 Å². The number of carbonyl (C=O) groups excluding carboxylic acids is 1. The Labute approximate surface area is 202 Å². The highest BCUT2D eigenvalue weighted by atomic mass is 16.5. The number of nitrogens with one attached hydrogen (secondary N) is 1. The van der Waals surface area contributed by atoms with Gasteiger partial charge in [0.1, 0.15) is 0 Å². The molecule has 4 rings (SSSR count). The molecule has 0 unspecified atom stereocenters. The summed E-state index contributed by atoms with van der Waals surface area (Å²) in [6.07, 6.45) is 15.1. The van der Waals surface area contributed by atoms with E-state index in [1.165, 1.54) is 44.9 Å². The first-order valence-electron chi connectivity index (χ1n) is 12.4. The molecule has 1 aliphatic rings. The number of carbonyl (C=O) groups is 1. The van der Waals surface area contributed by atoms with Crippen LogP contribution >= 0.6 is 0 Å². The van der Waals surface area contributed by atoms with Gasteiger partial charge in [-0.2, -0.15) is 0 Å². The summed E-state index contributed by atoms with van der Waals surface area (Å²) in [6.45, 7) is 0. The molecule has 2 heterocycles. The average molecular weight is 462 g/mol. The zero-order chi connectivity index (χ0) is 23.8. The van der Waals surface area contributed by atoms with Gasteiger partial charge in [0.2, 0.25) is 5.91 Å². The minimum atomic E-state index is 0.0880. The summed E-state index contributed by atoms with van der Waals surface area (Å²) in [4.78, 5) is 21.8. The molecule has 34 heavy (non-hydrogen) atoms. The molecule has 6 heteroatoms. The zero-order valence-corrected chi connectivity index (χ0v) is 20.3. The smallest absolute Gasteiger partial charge is 0.224 e. The first-order chi connectivity index (χ1) is 16.7. The highest BCUT2D eigenvalue weighted by molar-refractivity contribution is 5.86. The lowest BCUT2D eigenvalue weighted by Crippen LogP contribution is -2.36. The largest absolute Gasteiger partial charge is 0.493 e. The molecule has 6 nitrogen and oxygen atoms in total. The second-order valence-electron chi connectivity index (χ2n) is 9.17. The Hall–Kier alpha value is -3.15. The second kappa shape index (κ2) is 11.8. The van der Waals surface area contributed by atoms with Crippen LogP contribution in [0.4, 0.5) is 0 Å². The molecule has 1 saturated carbocycles. The van der Waals surface area contributed by atoms with Crippen LogP contribution in [-0.2, 0) is 11.2 Å². The van der Waals surface area contributed by atoms with Crippen LogP contribution in [0, 0.1) is 0 Å². The lowest BCUT2D eigenvalue weighted by molar-refractivity contribution is -0.121. The molecule has 1 aromatic carbocycles. The van der Waals surface area contributed by atoms with Crippen molar-refractivity contribution in [3.8, 4) is 22.8 Å². The Bertz CT molecular complexity index is 1090. The number of fused-ring (bicyclic) bond motifs is 1. The summed E-state index contributed by atoms with van der Waals surface area (Å²) in [6, 6.07) is 10.1. The number of aromatic nitrogens is 2. The summed E-state index contributed by atoms with van der Waals surface area (Å²) in [5.41, 5.74) is 3.48. The molecular weight excluding hydrogens is 426 g/mol. The third-order valence-electron chi connectivity index (χ3n) is 6.64. The maximum absolute atomic E-state index is 12.7. The summed E-state index contributed by atoms with van der Waals surface area (Å²) in [7, 11) is 3.24. The average Bonchev–Trinajstić information content (AvgIpc) is 2.87. The van der Waals surface area contributed by atoms with Gasteiger partial charge in [-0.1, -0.05) is 51.0 Å². The quantitative estimate of drug-likeness (QED) is 0.497. The minimum absolute atomic E-state index is 0.0880. The predicted molar refractivity (Wildman–Crippen MR) is 135 cm³/mol. The maximum atomic E-state index is 12.7. The normalized spacial score (nSPS) is 15.6. The van der Waals surface area contributed by atoms with Crippen LogP contribution in [0.25, 0.3) is 22.2 Å². The van der Waals surface area contributed by atoms with Crippen molar-refractivity contribution in [1.82, 2.24) is 15.3 Å². The van der Waals surface area contributed by atoms with Crippen molar-refractivity contribution < 1.29 is 14.3 Å². The van der Waals surface area contributed by atoms with Gasteiger partial charge in [-0.25, -0.2) is 0 Å². The van der Waals surface area contributed by atoms with E-state index < -0.39 is 0 Å². The van der Waals surface area contributed by atoms with E-state index in [9.17, 15) is 4.79 Å². The third kappa shape index (κ3) is 6.25. The van der Waals surface area contributed by atoms with Crippen LogP contribution in [0.2, 0.25) is 0 Å². The summed E-state index contributed by atoms with van der Waals surface area (Å²) >= 11 is 0. The fourth-order valence-corrected chi connectivity index (χ4v) is 4.71. The van der Waals surface area contributed by atoms with Gasteiger partial charge in [0.25, 0.3) is 0 Å². The minimum Gasteiger partial charge on any atom is -0.493 e. The summed E-state index contributed by atoms with van der Waals surface area (Å²) in [5, 5.41) is 4.22. The molecule has 1 fully saturated rings. The van der Waals surface area contributed by atoms with Crippen molar-refractivity contribution in [2.24, 2.45) is 0 Å². The molecular formula is C28H35N3O3. The van der Waals surface area contributed by atoms with Crippen LogP contribution in [0.5, 0.6) is 11.5 Å². The Morgan fingerprint density at radius 1 is 0.882 bits per heavy atom. The standard InChI is InChI=1S/C28H35N3O3/c1-33-26-16-21-15-22(19-30-25(21)17-27(26)34-2)24-13-12-20(18-29-24)14-28(32)31-23-10-8-6-4-3-5-7-9-11-23/h12-13,15-19,23H,3-11,14H2,1-2H3,(H,31,32). The number of amides is 1. The number of rotatable bonds is 6. The van der Waals surface area contributed by atoms with Crippen LogP contribution in [0.3, 0.4) is 0 Å². The first kappa shape index (κ1) is 24.0. The summed E-state index contributed by atoms with van der Waals surface area (Å²) < 4.78 is 10.8. The van der Waals surface area contributed by atoms with Gasteiger partial charge in [0.05, 0.1) is 31.9 Å². The van der Waals surface area contributed by atoms with Crippen LogP contribution < -0.4 is 14.8 Å². The van der Waals surface area contributed by atoms with Crippen LogP contribution in [0.15, 0.2) is 42.7 Å². The summed E-state index contributed by atoms with van der Waals surface area (Å²) in [5.74, 6) is 1.41. The molecule has 0 radical (unpaired) electrons. The van der Waals surface area contributed by atoms with Gasteiger partial charge in [0.15, 0.2) is 11.5 Å². The van der Waals surface area contributed by atoms with Gasteiger partial charge < -0.3 is 14.8 Å². The van der Waals surface area contributed by atoms with Crippen molar-refractivity contribution in [1.29, 1.82) is 0 Å². The Morgan fingerprint density at radius 2 is 1.56 bits per heavy atom. The van der Waals surface area contributed by atoms with Crippen molar-refractivity contribution in [3.63, 3.8) is 0 Å².